The zero-order chi connectivity index (χ0) is 28.2. The minimum Gasteiger partial charge on any atom is -0.444 e. The van der Waals surface area contributed by atoms with E-state index in [1.165, 1.54) is 4.57 Å². The summed E-state index contributed by atoms with van der Waals surface area (Å²) in [6.45, 7) is 7.61. The van der Waals surface area contributed by atoms with Gasteiger partial charge in [-0.15, -0.1) is 0 Å². The number of imide groups is 1. The van der Waals surface area contributed by atoms with Gasteiger partial charge in [-0.05, 0) is 65.5 Å². The SMILES string of the molecule is Cc1nc2c(NC(=O)C34CCOC(CNC(=O)OC(C)(C)C)(C3)C4)cccc2c(=O)n1C1CCC(=O)NC1=O. The Balaban J connectivity index is 1.33. The molecule has 2 aromatic rings. The molecule has 3 saturated heterocycles. The lowest BCUT2D eigenvalue weighted by Gasteiger charge is -2.58. The van der Waals surface area contributed by atoms with Crippen LogP contribution in [0.4, 0.5) is 10.5 Å². The fourth-order valence-corrected chi connectivity index (χ4v) is 5.90. The Kier molecular flexibility index (Phi) is 6.48. The van der Waals surface area contributed by atoms with Gasteiger partial charge < -0.3 is 20.1 Å². The van der Waals surface area contributed by atoms with Gasteiger partial charge in [-0.3, -0.25) is 29.1 Å². The first kappa shape index (κ1) is 26.8. The maximum Gasteiger partial charge on any atom is 0.407 e. The van der Waals surface area contributed by atoms with Crippen molar-refractivity contribution in [3.8, 4) is 0 Å². The number of benzene rings is 1. The second-order valence-electron chi connectivity index (χ2n) is 11.7. The quantitative estimate of drug-likeness (QED) is 0.488. The molecule has 1 aromatic carbocycles. The number of anilines is 1. The van der Waals surface area contributed by atoms with Crippen molar-refractivity contribution in [1.82, 2.24) is 20.2 Å². The molecule has 12 heteroatoms. The molecule has 4 aliphatic rings. The van der Waals surface area contributed by atoms with Crippen LogP contribution >= 0.6 is 0 Å². The van der Waals surface area contributed by atoms with Crippen LogP contribution in [0.2, 0.25) is 0 Å². The standard InChI is InChI=1S/C27H33N5O7/c1-15-29-20-16(22(35)32(15)18-8-9-19(33)31-21(18)34)6-5-7-17(20)30-23(36)26-10-11-38-27(12-26,13-26)14-28-24(37)39-25(2,3)4/h5-7,18H,8-14H2,1-4H3,(H,28,37)(H,30,36)(H,31,33,34). The first-order valence-corrected chi connectivity index (χ1v) is 13.1. The predicted octanol–water partition coefficient (Wildman–Crippen LogP) is 2.09. The highest BCUT2D eigenvalue weighted by Gasteiger charge is 2.62. The molecule has 0 spiro atoms. The Labute approximate surface area is 224 Å². The number of hydrogen-bond donors (Lipinski definition) is 3. The van der Waals surface area contributed by atoms with Crippen molar-refractivity contribution in [3.63, 3.8) is 0 Å². The van der Waals surface area contributed by atoms with Crippen molar-refractivity contribution in [2.45, 2.75) is 77.0 Å². The number of hydrogen-bond acceptors (Lipinski definition) is 8. The summed E-state index contributed by atoms with van der Waals surface area (Å²) in [5, 5.41) is 8.27. The van der Waals surface area contributed by atoms with Gasteiger partial charge in [-0.1, -0.05) is 6.07 Å². The summed E-state index contributed by atoms with van der Waals surface area (Å²) in [5.41, 5.74) is -1.59. The Morgan fingerprint density at radius 3 is 2.67 bits per heavy atom. The number of carbonyl (C=O) groups excluding carboxylic acids is 4. The predicted molar refractivity (Wildman–Crippen MR) is 140 cm³/mol. The lowest BCUT2D eigenvalue weighted by atomic mass is 9.55. The zero-order valence-corrected chi connectivity index (χ0v) is 22.5. The first-order valence-electron chi connectivity index (χ1n) is 13.1. The van der Waals surface area contributed by atoms with Crippen molar-refractivity contribution in [2.75, 3.05) is 18.5 Å². The van der Waals surface area contributed by atoms with E-state index in [-0.39, 0.29) is 36.6 Å². The molecule has 2 bridgehead atoms. The van der Waals surface area contributed by atoms with Crippen LogP contribution in [0.1, 0.15) is 64.7 Å². The number of rotatable bonds is 5. The highest BCUT2D eigenvalue weighted by atomic mass is 16.6. The lowest BCUT2D eigenvalue weighted by molar-refractivity contribution is -0.217. The molecule has 1 aromatic heterocycles. The van der Waals surface area contributed by atoms with E-state index >= 15 is 0 Å². The number of alkyl carbamates (subject to hydrolysis) is 1. The Morgan fingerprint density at radius 1 is 1.23 bits per heavy atom. The van der Waals surface area contributed by atoms with Crippen molar-refractivity contribution in [3.05, 3.63) is 34.4 Å². The van der Waals surface area contributed by atoms with Gasteiger partial charge in [0.1, 0.15) is 23.0 Å². The van der Waals surface area contributed by atoms with Gasteiger partial charge >= 0.3 is 6.09 Å². The number of nitrogens with zero attached hydrogens (tertiary/aromatic N) is 2. The number of ether oxygens (including phenoxy) is 2. The summed E-state index contributed by atoms with van der Waals surface area (Å²) >= 11 is 0. The average Bonchev–Trinajstić information content (AvgIpc) is 2.83. The highest BCUT2D eigenvalue weighted by molar-refractivity contribution is 6.03. The van der Waals surface area contributed by atoms with Crippen LogP contribution < -0.4 is 21.5 Å². The molecule has 4 heterocycles. The molecular formula is C27H33N5O7. The summed E-state index contributed by atoms with van der Waals surface area (Å²) < 4.78 is 12.6. The van der Waals surface area contributed by atoms with E-state index in [0.29, 0.717) is 42.9 Å². The van der Waals surface area contributed by atoms with E-state index in [9.17, 15) is 24.0 Å². The smallest absolute Gasteiger partial charge is 0.407 e. The van der Waals surface area contributed by atoms with E-state index < -0.39 is 40.2 Å². The van der Waals surface area contributed by atoms with Crippen LogP contribution in [0.15, 0.2) is 23.0 Å². The van der Waals surface area contributed by atoms with E-state index in [1.54, 1.807) is 45.9 Å². The summed E-state index contributed by atoms with van der Waals surface area (Å²) in [6, 6.07) is 4.12. The minimum absolute atomic E-state index is 0.136. The molecule has 1 atom stereocenters. The summed E-state index contributed by atoms with van der Waals surface area (Å²) in [4.78, 5) is 67.6. The van der Waals surface area contributed by atoms with Gasteiger partial charge in [0, 0.05) is 19.6 Å². The van der Waals surface area contributed by atoms with Gasteiger partial charge in [-0.2, -0.15) is 0 Å². The van der Waals surface area contributed by atoms with Crippen molar-refractivity contribution < 1.29 is 28.7 Å². The monoisotopic (exact) mass is 539 g/mol. The number of fused-ring (bicyclic) bond motifs is 3. The zero-order valence-electron chi connectivity index (χ0n) is 22.5. The van der Waals surface area contributed by atoms with Gasteiger partial charge in [0.05, 0.1) is 22.1 Å². The van der Waals surface area contributed by atoms with E-state index in [2.05, 4.69) is 20.9 Å². The molecule has 12 nitrogen and oxygen atoms in total. The van der Waals surface area contributed by atoms with Gasteiger partial charge in [0.2, 0.25) is 17.7 Å². The molecule has 3 aliphatic heterocycles. The summed E-state index contributed by atoms with van der Waals surface area (Å²) in [6.07, 6.45) is 1.24. The highest BCUT2D eigenvalue weighted by Crippen LogP contribution is 2.57. The summed E-state index contributed by atoms with van der Waals surface area (Å²) in [5.74, 6) is -0.784. The Morgan fingerprint density at radius 2 is 1.97 bits per heavy atom. The van der Waals surface area contributed by atoms with E-state index in [0.717, 1.165) is 0 Å². The Hall–Kier alpha value is -3.80. The molecular weight excluding hydrogens is 506 g/mol. The third-order valence-corrected chi connectivity index (χ3v) is 7.62. The van der Waals surface area contributed by atoms with Crippen LogP contribution in [0.3, 0.4) is 0 Å². The van der Waals surface area contributed by atoms with Crippen LogP contribution in [-0.2, 0) is 23.9 Å². The first-order chi connectivity index (χ1) is 18.3. The molecule has 39 heavy (non-hydrogen) atoms. The molecule has 1 saturated carbocycles. The third-order valence-electron chi connectivity index (χ3n) is 7.62. The molecule has 4 fully saturated rings. The largest absolute Gasteiger partial charge is 0.444 e. The Bertz CT molecular complexity index is 1430. The lowest BCUT2D eigenvalue weighted by Crippen LogP contribution is -2.66. The molecule has 0 radical (unpaired) electrons. The van der Waals surface area contributed by atoms with Crippen molar-refractivity contribution >= 4 is 40.4 Å². The number of aryl methyl sites for hydroxylation is 1. The number of carbonyl (C=O) groups is 4. The molecule has 1 unspecified atom stereocenters. The molecule has 1 aliphatic carbocycles. The van der Waals surface area contributed by atoms with E-state index in [1.807, 2.05) is 0 Å². The van der Waals surface area contributed by atoms with E-state index in [4.69, 9.17) is 9.47 Å². The molecule has 6 rings (SSSR count). The fourth-order valence-electron chi connectivity index (χ4n) is 5.90. The van der Waals surface area contributed by atoms with Crippen molar-refractivity contribution in [2.24, 2.45) is 5.41 Å². The number of nitrogens with one attached hydrogen (secondary N) is 3. The normalized spacial score (nSPS) is 26.4. The second kappa shape index (κ2) is 9.44. The van der Waals surface area contributed by atoms with Crippen LogP contribution in [0.25, 0.3) is 10.9 Å². The fraction of sp³-hybridized carbons (Fsp3) is 0.556. The maximum absolute atomic E-state index is 13.5. The van der Waals surface area contributed by atoms with Crippen LogP contribution in [-0.4, -0.2) is 57.7 Å². The van der Waals surface area contributed by atoms with Gasteiger partial charge in [0.15, 0.2) is 0 Å². The topological polar surface area (TPSA) is 158 Å². The number of amides is 4. The molecule has 4 amide bonds. The van der Waals surface area contributed by atoms with Crippen molar-refractivity contribution in [1.29, 1.82) is 0 Å². The number of aromatic nitrogens is 2. The average molecular weight is 540 g/mol. The van der Waals surface area contributed by atoms with Gasteiger partial charge in [-0.25, -0.2) is 9.78 Å². The van der Waals surface area contributed by atoms with Gasteiger partial charge in [0.25, 0.3) is 5.56 Å². The molecule has 208 valence electrons. The molecule has 3 N–H and O–H groups in total. The van der Waals surface area contributed by atoms with Crippen LogP contribution in [0, 0.1) is 12.3 Å². The second-order valence-corrected chi connectivity index (χ2v) is 11.7. The maximum atomic E-state index is 13.5. The van der Waals surface area contributed by atoms with Crippen LogP contribution in [0.5, 0.6) is 0 Å². The third kappa shape index (κ3) is 5.00. The summed E-state index contributed by atoms with van der Waals surface area (Å²) in [7, 11) is 0. The number of piperidine rings is 1. The minimum atomic E-state index is -0.830. The number of para-hydroxylation sites is 1.